The SMILES string of the molecule is O=C(CBr)N(Cc1cccc2c1OCCO2)c1ccccc1Oc1ccccc1.c1ccc(Oc2ccccc2NCc2cccc3c2OCCO3)cc1. The fourth-order valence-electron chi connectivity index (χ4n) is 5.97. The molecule has 0 radical (unpaired) electrons. The molecule has 0 fully saturated rings. The average molecular weight is 788 g/mol. The van der Waals surface area contributed by atoms with E-state index in [0.29, 0.717) is 68.2 Å². The zero-order valence-electron chi connectivity index (χ0n) is 29.5. The van der Waals surface area contributed by atoms with Gasteiger partial charge in [0.25, 0.3) is 0 Å². The van der Waals surface area contributed by atoms with Gasteiger partial charge >= 0.3 is 0 Å². The maximum absolute atomic E-state index is 12.8. The van der Waals surface area contributed by atoms with Crippen LogP contribution in [0.15, 0.2) is 146 Å². The van der Waals surface area contributed by atoms with Crippen LogP contribution in [0.1, 0.15) is 11.1 Å². The van der Waals surface area contributed by atoms with E-state index in [1.165, 1.54) is 0 Å². The van der Waals surface area contributed by atoms with Crippen molar-refractivity contribution in [3.63, 3.8) is 0 Å². The minimum Gasteiger partial charge on any atom is -0.486 e. The predicted octanol–water partition coefficient (Wildman–Crippen LogP) is 10.0. The van der Waals surface area contributed by atoms with Gasteiger partial charge in [0.05, 0.1) is 23.2 Å². The topological polar surface area (TPSA) is 87.7 Å². The van der Waals surface area contributed by atoms with Crippen molar-refractivity contribution in [1.29, 1.82) is 0 Å². The zero-order chi connectivity index (χ0) is 37.0. The van der Waals surface area contributed by atoms with Gasteiger partial charge in [0.2, 0.25) is 5.91 Å². The quantitative estimate of drug-likeness (QED) is 0.130. The molecule has 8 rings (SSSR count). The van der Waals surface area contributed by atoms with Crippen LogP contribution in [-0.2, 0) is 17.9 Å². The molecule has 1 N–H and O–H groups in total. The highest BCUT2D eigenvalue weighted by Gasteiger charge is 2.24. The number of nitrogens with zero attached hydrogens (tertiary/aromatic N) is 1. The van der Waals surface area contributed by atoms with E-state index in [-0.39, 0.29) is 11.2 Å². The number of halogens is 1. The first-order valence-electron chi connectivity index (χ1n) is 17.7. The summed E-state index contributed by atoms with van der Waals surface area (Å²) in [4.78, 5) is 14.5. The molecule has 0 bridgehead atoms. The molecule has 2 aliphatic heterocycles. The number of carbonyl (C=O) groups is 1. The van der Waals surface area contributed by atoms with Crippen LogP contribution in [-0.4, -0.2) is 37.7 Å². The van der Waals surface area contributed by atoms with E-state index < -0.39 is 0 Å². The molecule has 0 saturated heterocycles. The van der Waals surface area contributed by atoms with Gasteiger partial charge in [-0.3, -0.25) is 4.79 Å². The number of carbonyl (C=O) groups excluding carboxylic acids is 1. The number of benzene rings is 6. The van der Waals surface area contributed by atoms with Crippen molar-refractivity contribution in [2.75, 3.05) is 42.0 Å². The molecule has 0 saturated carbocycles. The van der Waals surface area contributed by atoms with Crippen LogP contribution >= 0.6 is 15.9 Å². The minimum absolute atomic E-state index is 0.0801. The van der Waals surface area contributed by atoms with Crippen LogP contribution in [0.25, 0.3) is 0 Å². The number of amides is 1. The van der Waals surface area contributed by atoms with Crippen molar-refractivity contribution < 1.29 is 33.2 Å². The van der Waals surface area contributed by atoms with Gasteiger partial charge in [0.15, 0.2) is 34.5 Å². The molecule has 0 unspecified atom stereocenters. The summed E-state index contributed by atoms with van der Waals surface area (Å²) in [6, 6.07) is 46.4. The van der Waals surface area contributed by atoms with Gasteiger partial charge < -0.3 is 38.6 Å². The molecule has 2 heterocycles. The Bertz CT molecular complexity index is 2150. The van der Waals surface area contributed by atoms with Crippen LogP contribution in [0, 0.1) is 0 Å². The maximum atomic E-state index is 12.8. The van der Waals surface area contributed by atoms with Crippen LogP contribution in [0.3, 0.4) is 0 Å². The zero-order valence-corrected chi connectivity index (χ0v) is 31.1. The lowest BCUT2D eigenvalue weighted by Gasteiger charge is -2.27. The number of ether oxygens (including phenoxy) is 6. The molecule has 2 aliphatic rings. The van der Waals surface area contributed by atoms with Gasteiger partial charge in [-0.2, -0.15) is 0 Å². The Balaban J connectivity index is 0.000000168. The van der Waals surface area contributed by atoms with Gasteiger partial charge in [0.1, 0.15) is 37.9 Å². The summed E-state index contributed by atoms with van der Waals surface area (Å²) >= 11 is 3.30. The molecule has 0 spiro atoms. The Hall–Kier alpha value is -6.13. The molecule has 54 heavy (non-hydrogen) atoms. The Kier molecular flexibility index (Phi) is 12.1. The Morgan fingerprint density at radius 2 is 1.09 bits per heavy atom. The molecule has 0 atom stereocenters. The molecule has 274 valence electrons. The lowest BCUT2D eigenvalue weighted by molar-refractivity contribution is -0.116. The van der Waals surface area contributed by atoms with Gasteiger partial charge in [0, 0.05) is 17.7 Å². The van der Waals surface area contributed by atoms with E-state index in [4.69, 9.17) is 28.4 Å². The summed E-state index contributed by atoms with van der Waals surface area (Å²) in [5.74, 6) is 5.85. The van der Waals surface area contributed by atoms with Crippen molar-refractivity contribution in [3.8, 4) is 46.0 Å². The van der Waals surface area contributed by atoms with Crippen molar-refractivity contribution in [1.82, 2.24) is 0 Å². The fourth-order valence-corrected chi connectivity index (χ4v) is 6.27. The molecule has 0 aromatic heterocycles. The van der Waals surface area contributed by atoms with E-state index in [0.717, 1.165) is 39.8 Å². The first-order chi connectivity index (χ1) is 26.7. The second kappa shape index (κ2) is 18.1. The molecule has 6 aromatic carbocycles. The number of para-hydroxylation sites is 8. The van der Waals surface area contributed by atoms with E-state index in [1.807, 2.05) is 146 Å². The molecular weight excluding hydrogens is 748 g/mol. The van der Waals surface area contributed by atoms with E-state index in [1.54, 1.807) is 4.90 Å². The third kappa shape index (κ3) is 9.08. The van der Waals surface area contributed by atoms with Crippen molar-refractivity contribution >= 4 is 33.2 Å². The van der Waals surface area contributed by atoms with Crippen LogP contribution in [0.5, 0.6) is 46.0 Å². The first kappa shape index (κ1) is 36.2. The van der Waals surface area contributed by atoms with E-state index in [9.17, 15) is 4.79 Å². The molecule has 9 nitrogen and oxygen atoms in total. The number of anilines is 2. The highest BCUT2D eigenvalue weighted by Crippen LogP contribution is 2.39. The lowest BCUT2D eigenvalue weighted by atomic mass is 10.1. The summed E-state index contributed by atoms with van der Waals surface area (Å²) in [5, 5.41) is 3.63. The highest BCUT2D eigenvalue weighted by molar-refractivity contribution is 9.09. The number of hydrogen-bond donors (Lipinski definition) is 1. The standard InChI is InChI=1S/C23H20BrNO4.C21H19NO3/c24-15-22(26)25(16-17-7-6-12-21-23(17)28-14-13-27-21)19-10-4-5-11-20(19)29-18-8-2-1-3-9-18;1-2-8-17(9-3-1)25-19-11-5-4-10-18(19)22-15-16-7-6-12-20-21(16)24-14-13-23-20/h1-12H,13-16H2;1-12,22H,13-15H2. The van der Waals surface area contributed by atoms with E-state index >= 15 is 0 Å². The number of hydrogen-bond acceptors (Lipinski definition) is 8. The first-order valence-corrected chi connectivity index (χ1v) is 18.8. The fraction of sp³-hybridized carbons (Fsp3) is 0.159. The van der Waals surface area contributed by atoms with Gasteiger partial charge in [-0.05, 0) is 60.7 Å². The average Bonchev–Trinajstić information content (AvgIpc) is 3.23. The predicted molar refractivity (Wildman–Crippen MR) is 213 cm³/mol. The third-order valence-corrected chi connectivity index (χ3v) is 8.97. The Morgan fingerprint density at radius 1 is 0.574 bits per heavy atom. The second-order valence-electron chi connectivity index (χ2n) is 12.1. The largest absolute Gasteiger partial charge is 0.486 e. The van der Waals surface area contributed by atoms with Gasteiger partial charge in [-0.1, -0.05) is 101 Å². The van der Waals surface area contributed by atoms with Crippen molar-refractivity contribution in [2.45, 2.75) is 13.1 Å². The number of fused-ring (bicyclic) bond motifs is 2. The summed E-state index contributed by atoms with van der Waals surface area (Å²) in [7, 11) is 0. The number of alkyl halides is 1. The monoisotopic (exact) mass is 786 g/mol. The summed E-state index contributed by atoms with van der Waals surface area (Å²) in [5.41, 5.74) is 3.56. The van der Waals surface area contributed by atoms with E-state index in [2.05, 4.69) is 21.2 Å². The second-order valence-corrected chi connectivity index (χ2v) is 12.7. The summed E-state index contributed by atoms with van der Waals surface area (Å²) < 4.78 is 35.0. The van der Waals surface area contributed by atoms with Gasteiger partial charge in [-0.15, -0.1) is 0 Å². The maximum Gasteiger partial charge on any atom is 0.238 e. The molecular formula is C44H39BrN2O7. The van der Waals surface area contributed by atoms with Crippen LogP contribution in [0.4, 0.5) is 11.4 Å². The number of rotatable bonds is 11. The summed E-state index contributed by atoms with van der Waals surface area (Å²) in [6.45, 7) is 3.15. The third-order valence-electron chi connectivity index (χ3n) is 8.49. The van der Waals surface area contributed by atoms with Crippen molar-refractivity contribution in [3.05, 3.63) is 157 Å². The molecule has 1 amide bonds. The smallest absolute Gasteiger partial charge is 0.238 e. The van der Waals surface area contributed by atoms with Crippen LogP contribution < -0.4 is 38.6 Å². The van der Waals surface area contributed by atoms with Crippen molar-refractivity contribution in [2.24, 2.45) is 0 Å². The molecule has 10 heteroatoms. The minimum atomic E-state index is -0.0801. The number of nitrogens with one attached hydrogen (secondary N) is 1. The Morgan fingerprint density at radius 3 is 1.74 bits per heavy atom. The molecule has 0 aliphatic carbocycles. The Labute approximate surface area is 323 Å². The van der Waals surface area contributed by atoms with Gasteiger partial charge in [-0.25, -0.2) is 0 Å². The molecule has 6 aromatic rings. The highest BCUT2D eigenvalue weighted by atomic mass is 79.9. The normalized spacial score (nSPS) is 12.4. The van der Waals surface area contributed by atoms with Crippen LogP contribution in [0.2, 0.25) is 0 Å². The lowest BCUT2D eigenvalue weighted by Crippen LogP contribution is -2.32. The summed E-state index contributed by atoms with van der Waals surface area (Å²) in [6.07, 6.45) is 0.